The predicted molar refractivity (Wildman–Crippen MR) is 51.4 cm³/mol. The van der Waals surface area contributed by atoms with E-state index in [-0.39, 0.29) is 0 Å². The molecule has 1 amide bonds. The van der Waals surface area contributed by atoms with Gasteiger partial charge in [0.1, 0.15) is 0 Å². The molecule has 3 heteroatoms. The maximum atomic E-state index is 11.9. The summed E-state index contributed by atoms with van der Waals surface area (Å²) in [6.07, 6.45) is 3.49. The van der Waals surface area contributed by atoms with E-state index < -0.39 is 0 Å². The number of piperazine rings is 1. The first kappa shape index (κ1) is 9.00. The lowest BCUT2D eigenvalue weighted by Crippen LogP contribution is -2.54. The van der Waals surface area contributed by atoms with Crippen LogP contribution in [-0.4, -0.2) is 36.5 Å². The molecule has 2 rings (SSSR count). The summed E-state index contributed by atoms with van der Waals surface area (Å²) in [4.78, 5) is 13.9. The van der Waals surface area contributed by atoms with Gasteiger partial charge in [-0.25, -0.2) is 0 Å². The van der Waals surface area contributed by atoms with Gasteiger partial charge in [-0.1, -0.05) is 6.42 Å². The zero-order valence-electron chi connectivity index (χ0n) is 8.25. The minimum atomic E-state index is 0.362. The van der Waals surface area contributed by atoms with E-state index >= 15 is 0 Å². The van der Waals surface area contributed by atoms with Crippen LogP contribution in [-0.2, 0) is 4.79 Å². The minimum Gasteiger partial charge on any atom is -0.337 e. The van der Waals surface area contributed by atoms with Gasteiger partial charge in [0.25, 0.3) is 0 Å². The number of carbonyl (C=O) groups excluding carboxylic acids is 1. The summed E-state index contributed by atoms with van der Waals surface area (Å²) in [5.41, 5.74) is 0. The molecule has 1 heterocycles. The highest BCUT2D eigenvalue weighted by molar-refractivity contribution is 5.80. The fraction of sp³-hybridized carbons (Fsp3) is 0.900. The highest BCUT2D eigenvalue weighted by atomic mass is 16.2. The van der Waals surface area contributed by atoms with Crippen molar-refractivity contribution < 1.29 is 4.79 Å². The minimum absolute atomic E-state index is 0.362. The van der Waals surface area contributed by atoms with Gasteiger partial charge in [-0.3, -0.25) is 4.79 Å². The van der Waals surface area contributed by atoms with Crippen LogP contribution in [0.15, 0.2) is 0 Å². The van der Waals surface area contributed by atoms with Crippen LogP contribution in [0.25, 0.3) is 0 Å². The van der Waals surface area contributed by atoms with Gasteiger partial charge in [0.2, 0.25) is 5.91 Å². The van der Waals surface area contributed by atoms with E-state index in [4.69, 9.17) is 0 Å². The first-order chi connectivity index (χ1) is 6.29. The van der Waals surface area contributed by atoms with Crippen molar-refractivity contribution in [2.45, 2.75) is 32.2 Å². The Kier molecular flexibility index (Phi) is 2.54. The van der Waals surface area contributed by atoms with Gasteiger partial charge in [-0.15, -0.1) is 0 Å². The van der Waals surface area contributed by atoms with E-state index in [2.05, 4.69) is 17.1 Å². The molecule has 0 aromatic heterocycles. The Morgan fingerprint density at radius 1 is 1.46 bits per heavy atom. The molecule has 1 saturated heterocycles. The fourth-order valence-electron chi connectivity index (χ4n) is 2.06. The topological polar surface area (TPSA) is 32.3 Å². The standard InChI is InChI=1S/C10H18N2O/c1-8-7-11-5-6-12(8)10(13)9-3-2-4-9/h8-9,11H,2-7H2,1H3/t8-/m1/s1. The van der Waals surface area contributed by atoms with Crippen LogP contribution in [0, 0.1) is 5.92 Å². The molecule has 3 nitrogen and oxygen atoms in total. The van der Waals surface area contributed by atoms with Gasteiger partial charge >= 0.3 is 0 Å². The molecule has 0 aromatic rings. The molecule has 74 valence electrons. The normalized spacial score (nSPS) is 29.9. The predicted octanol–water partition coefficient (Wildman–Crippen LogP) is 0.607. The lowest BCUT2D eigenvalue weighted by Gasteiger charge is -2.38. The third-order valence-electron chi connectivity index (χ3n) is 3.24. The molecule has 1 saturated carbocycles. The van der Waals surface area contributed by atoms with Crippen LogP contribution in [0.5, 0.6) is 0 Å². The Morgan fingerprint density at radius 2 is 2.23 bits per heavy atom. The third kappa shape index (κ3) is 1.70. The van der Waals surface area contributed by atoms with Crippen molar-refractivity contribution in [1.82, 2.24) is 10.2 Å². The molecule has 0 spiro atoms. The van der Waals surface area contributed by atoms with E-state index in [1.165, 1.54) is 6.42 Å². The highest BCUT2D eigenvalue weighted by Gasteiger charge is 2.32. The Labute approximate surface area is 79.5 Å². The molecule has 0 bridgehead atoms. The van der Waals surface area contributed by atoms with E-state index in [0.29, 0.717) is 17.9 Å². The Balaban J connectivity index is 1.93. The van der Waals surface area contributed by atoms with Gasteiger partial charge in [-0.2, -0.15) is 0 Å². The van der Waals surface area contributed by atoms with E-state index in [1.807, 2.05) is 0 Å². The summed E-state index contributed by atoms with van der Waals surface area (Å²) in [5, 5.41) is 3.30. The second-order valence-corrected chi connectivity index (χ2v) is 4.21. The zero-order chi connectivity index (χ0) is 9.26. The molecule has 1 aliphatic carbocycles. The van der Waals surface area contributed by atoms with Crippen molar-refractivity contribution >= 4 is 5.91 Å². The molecule has 2 aliphatic rings. The number of amides is 1. The van der Waals surface area contributed by atoms with Crippen molar-refractivity contribution in [2.75, 3.05) is 19.6 Å². The summed E-state index contributed by atoms with van der Waals surface area (Å²) in [5.74, 6) is 0.765. The van der Waals surface area contributed by atoms with E-state index in [9.17, 15) is 4.79 Å². The molecule has 1 aliphatic heterocycles. The summed E-state index contributed by atoms with van der Waals surface area (Å²) < 4.78 is 0. The number of carbonyl (C=O) groups is 1. The maximum absolute atomic E-state index is 11.9. The number of nitrogens with one attached hydrogen (secondary N) is 1. The molecule has 2 fully saturated rings. The summed E-state index contributed by atoms with van der Waals surface area (Å²) in [6.45, 7) is 4.94. The van der Waals surface area contributed by atoms with Crippen LogP contribution < -0.4 is 5.32 Å². The van der Waals surface area contributed by atoms with Gasteiger partial charge in [0.05, 0.1) is 0 Å². The first-order valence-electron chi connectivity index (χ1n) is 5.30. The number of hydrogen-bond acceptors (Lipinski definition) is 2. The highest BCUT2D eigenvalue weighted by Crippen LogP contribution is 2.28. The van der Waals surface area contributed by atoms with Gasteiger partial charge in [-0.05, 0) is 19.8 Å². The van der Waals surface area contributed by atoms with Crippen LogP contribution in [0.4, 0.5) is 0 Å². The van der Waals surface area contributed by atoms with Crippen molar-refractivity contribution in [1.29, 1.82) is 0 Å². The third-order valence-corrected chi connectivity index (χ3v) is 3.24. The molecule has 0 unspecified atom stereocenters. The largest absolute Gasteiger partial charge is 0.337 e. The van der Waals surface area contributed by atoms with Gasteiger partial charge < -0.3 is 10.2 Å². The second kappa shape index (κ2) is 3.66. The van der Waals surface area contributed by atoms with Crippen LogP contribution in [0.2, 0.25) is 0 Å². The van der Waals surface area contributed by atoms with Crippen LogP contribution >= 0.6 is 0 Å². The van der Waals surface area contributed by atoms with E-state index in [0.717, 1.165) is 32.5 Å². The van der Waals surface area contributed by atoms with Gasteiger partial charge in [0.15, 0.2) is 0 Å². The van der Waals surface area contributed by atoms with E-state index in [1.54, 1.807) is 0 Å². The summed E-state index contributed by atoms with van der Waals surface area (Å²) in [7, 11) is 0. The molecule has 0 aromatic carbocycles. The summed E-state index contributed by atoms with van der Waals surface area (Å²) >= 11 is 0. The molecule has 1 N–H and O–H groups in total. The zero-order valence-corrected chi connectivity index (χ0v) is 8.25. The second-order valence-electron chi connectivity index (χ2n) is 4.21. The van der Waals surface area contributed by atoms with Crippen molar-refractivity contribution in [3.63, 3.8) is 0 Å². The average molecular weight is 182 g/mol. The Morgan fingerprint density at radius 3 is 2.77 bits per heavy atom. The number of rotatable bonds is 1. The lowest BCUT2D eigenvalue weighted by molar-refractivity contribution is -0.141. The molecule has 13 heavy (non-hydrogen) atoms. The monoisotopic (exact) mass is 182 g/mol. The molecule has 1 atom stereocenters. The van der Waals surface area contributed by atoms with Crippen molar-refractivity contribution in [3.8, 4) is 0 Å². The Bertz CT molecular complexity index is 201. The van der Waals surface area contributed by atoms with Gasteiger partial charge in [0, 0.05) is 31.6 Å². The summed E-state index contributed by atoms with van der Waals surface area (Å²) in [6, 6.07) is 0.391. The lowest BCUT2D eigenvalue weighted by atomic mass is 9.84. The van der Waals surface area contributed by atoms with Crippen molar-refractivity contribution in [3.05, 3.63) is 0 Å². The molecular formula is C10H18N2O. The average Bonchev–Trinajstić information content (AvgIpc) is 2.01. The quantitative estimate of drug-likeness (QED) is 0.644. The van der Waals surface area contributed by atoms with Crippen LogP contribution in [0.3, 0.4) is 0 Å². The number of hydrogen-bond donors (Lipinski definition) is 1. The molecule has 0 radical (unpaired) electrons. The fourth-order valence-corrected chi connectivity index (χ4v) is 2.06. The first-order valence-corrected chi connectivity index (χ1v) is 5.30. The number of nitrogens with zero attached hydrogens (tertiary/aromatic N) is 1. The Hall–Kier alpha value is -0.570. The molecular weight excluding hydrogens is 164 g/mol. The van der Waals surface area contributed by atoms with Crippen LogP contribution in [0.1, 0.15) is 26.2 Å². The van der Waals surface area contributed by atoms with Crippen molar-refractivity contribution in [2.24, 2.45) is 5.92 Å². The SMILES string of the molecule is C[C@@H]1CNCCN1C(=O)C1CCC1. The maximum Gasteiger partial charge on any atom is 0.226 e. The smallest absolute Gasteiger partial charge is 0.226 e.